The normalized spacial score (nSPS) is 10.3. The summed E-state index contributed by atoms with van der Waals surface area (Å²) in [7, 11) is 0. The Bertz CT molecular complexity index is 632. The van der Waals surface area contributed by atoms with Crippen molar-refractivity contribution in [3.63, 3.8) is 0 Å². The molecule has 2 rings (SSSR count). The highest BCUT2D eigenvalue weighted by Gasteiger charge is 2.13. The zero-order chi connectivity index (χ0) is 14.5. The van der Waals surface area contributed by atoms with Crippen molar-refractivity contribution >= 4 is 11.8 Å². The first-order chi connectivity index (χ1) is 9.61. The molecule has 0 bridgehead atoms. The number of aromatic carboxylic acids is 1. The quantitative estimate of drug-likeness (QED) is 0.876. The van der Waals surface area contributed by atoms with Gasteiger partial charge < -0.3 is 10.4 Å². The second-order valence-electron chi connectivity index (χ2n) is 4.17. The van der Waals surface area contributed by atoms with Crippen molar-refractivity contribution in [2.45, 2.75) is 19.9 Å². The predicted molar refractivity (Wildman–Crippen MR) is 72.1 cm³/mol. The number of halogens is 1. The standard InChI is InChI=1S/C14H14FN3O2/c1-2-9-4-3-5-16-12(9)8-18-13-11(14(19)20)6-10(15)7-17-13/h3-7H,2,8H2,1H3,(H,17,18)(H,19,20). The lowest BCUT2D eigenvalue weighted by atomic mass is 10.1. The molecule has 0 fully saturated rings. The van der Waals surface area contributed by atoms with Crippen molar-refractivity contribution in [2.24, 2.45) is 0 Å². The molecule has 2 aromatic heterocycles. The number of carbonyl (C=O) groups is 1. The van der Waals surface area contributed by atoms with Crippen LogP contribution in [0, 0.1) is 5.82 Å². The minimum atomic E-state index is -1.23. The van der Waals surface area contributed by atoms with Gasteiger partial charge in [0.2, 0.25) is 0 Å². The van der Waals surface area contributed by atoms with Gasteiger partial charge in [0.1, 0.15) is 17.2 Å². The van der Waals surface area contributed by atoms with E-state index in [0.29, 0.717) is 6.54 Å². The van der Waals surface area contributed by atoms with Crippen LogP contribution in [0.1, 0.15) is 28.5 Å². The highest BCUT2D eigenvalue weighted by Crippen LogP contribution is 2.15. The number of carboxylic acid groups (broad SMARTS) is 1. The van der Waals surface area contributed by atoms with Gasteiger partial charge in [-0.15, -0.1) is 0 Å². The third kappa shape index (κ3) is 3.09. The van der Waals surface area contributed by atoms with Crippen LogP contribution in [-0.4, -0.2) is 21.0 Å². The number of aromatic nitrogens is 2. The lowest BCUT2D eigenvalue weighted by Gasteiger charge is -2.10. The first-order valence-corrected chi connectivity index (χ1v) is 6.17. The molecule has 0 saturated carbocycles. The third-order valence-electron chi connectivity index (χ3n) is 2.87. The summed E-state index contributed by atoms with van der Waals surface area (Å²) in [4.78, 5) is 19.1. The fourth-order valence-corrected chi connectivity index (χ4v) is 1.86. The summed E-state index contributed by atoms with van der Waals surface area (Å²) in [5, 5.41) is 11.9. The maximum absolute atomic E-state index is 13.0. The van der Waals surface area contributed by atoms with E-state index in [2.05, 4.69) is 15.3 Å². The maximum atomic E-state index is 13.0. The van der Waals surface area contributed by atoms with Gasteiger partial charge in [-0.3, -0.25) is 4.98 Å². The van der Waals surface area contributed by atoms with Gasteiger partial charge in [-0.05, 0) is 24.1 Å². The fourth-order valence-electron chi connectivity index (χ4n) is 1.86. The van der Waals surface area contributed by atoms with Gasteiger partial charge in [-0.25, -0.2) is 14.2 Å². The Balaban J connectivity index is 2.21. The van der Waals surface area contributed by atoms with E-state index >= 15 is 0 Å². The average molecular weight is 275 g/mol. The number of nitrogens with zero attached hydrogens (tertiary/aromatic N) is 2. The van der Waals surface area contributed by atoms with Crippen LogP contribution in [0.3, 0.4) is 0 Å². The number of carboxylic acids is 1. The van der Waals surface area contributed by atoms with Crippen LogP contribution in [0.5, 0.6) is 0 Å². The number of hydrogen-bond acceptors (Lipinski definition) is 4. The Morgan fingerprint density at radius 1 is 1.45 bits per heavy atom. The van der Waals surface area contributed by atoms with Gasteiger partial charge in [0.15, 0.2) is 0 Å². The van der Waals surface area contributed by atoms with E-state index in [9.17, 15) is 9.18 Å². The van der Waals surface area contributed by atoms with Gasteiger partial charge in [0.05, 0.1) is 18.4 Å². The zero-order valence-electron chi connectivity index (χ0n) is 10.9. The van der Waals surface area contributed by atoms with Gasteiger partial charge in [-0.1, -0.05) is 13.0 Å². The molecule has 0 amide bonds. The summed E-state index contributed by atoms with van der Waals surface area (Å²) in [5.41, 5.74) is 1.69. The Hall–Kier alpha value is -2.50. The van der Waals surface area contributed by atoms with Crippen LogP contribution in [0.2, 0.25) is 0 Å². The Morgan fingerprint density at radius 2 is 2.25 bits per heavy atom. The lowest BCUT2D eigenvalue weighted by molar-refractivity contribution is 0.0697. The molecule has 2 aromatic rings. The predicted octanol–water partition coefficient (Wildman–Crippen LogP) is 2.49. The fraction of sp³-hybridized carbons (Fsp3) is 0.214. The van der Waals surface area contributed by atoms with E-state index in [1.54, 1.807) is 6.20 Å². The lowest BCUT2D eigenvalue weighted by Crippen LogP contribution is -2.11. The molecule has 0 spiro atoms. The molecule has 0 radical (unpaired) electrons. The molecule has 2 N–H and O–H groups in total. The Morgan fingerprint density at radius 3 is 2.95 bits per heavy atom. The summed E-state index contributed by atoms with van der Waals surface area (Å²) in [5.74, 6) is -1.78. The summed E-state index contributed by atoms with van der Waals surface area (Å²) >= 11 is 0. The second kappa shape index (κ2) is 6.10. The summed E-state index contributed by atoms with van der Waals surface area (Å²) in [6, 6.07) is 4.75. The monoisotopic (exact) mass is 275 g/mol. The second-order valence-corrected chi connectivity index (χ2v) is 4.17. The number of nitrogens with one attached hydrogen (secondary N) is 1. The molecule has 0 aliphatic heterocycles. The van der Waals surface area contributed by atoms with Gasteiger partial charge in [0.25, 0.3) is 0 Å². The molecule has 0 unspecified atom stereocenters. The molecule has 0 atom stereocenters. The molecule has 6 heteroatoms. The summed E-state index contributed by atoms with van der Waals surface area (Å²) in [6.07, 6.45) is 3.48. The van der Waals surface area contributed by atoms with Crippen LogP contribution in [-0.2, 0) is 13.0 Å². The molecule has 20 heavy (non-hydrogen) atoms. The molecule has 0 saturated heterocycles. The third-order valence-corrected chi connectivity index (χ3v) is 2.87. The SMILES string of the molecule is CCc1cccnc1CNc1ncc(F)cc1C(=O)O. The van der Waals surface area contributed by atoms with E-state index in [1.807, 2.05) is 19.1 Å². The van der Waals surface area contributed by atoms with Gasteiger partial charge >= 0.3 is 5.97 Å². The van der Waals surface area contributed by atoms with Crippen LogP contribution in [0.15, 0.2) is 30.6 Å². The Kier molecular flexibility index (Phi) is 4.24. The average Bonchev–Trinajstić information content (AvgIpc) is 2.46. The molecule has 104 valence electrons. The number of hydrogen-bond donors (Lipinski definition) is 2. The van der Waals surface area contributed by atoms with Crippen molar-refractivity contribution in [3.8, 4) is 0 Å². The van der Waals surface area contributed by atoms with Crippen LogP contribution >= 0.6 is 0 Å². The minimum absolute atomic E-state index is 0.131. The molecular weight excluding hydrogens is 261 g/mol. The number of aryl methyl sites for hydroxylation is 1. The molecule has 0 aromatic carbocycles. The molecule has 0 aliphatic rings. The number of rotatable bonds is 5. The largest absolute Gasteiger partial charge is 0.478 e. The van der Waals surface area contributed by atoms with Gasteiger partial charge in [0, 0.05) is 6.20 Å². The molecule has 5 nitrogen and oxygen atoms in total. The van der Waals surface area contributed by atoms with E-state index in [4.69, 9.17) is 5.11 Å². The van der Waals surface area contributed by atoms with Gasteiger partial charge in [-0.2, -0.15) is 0 Å². The minimum Gasteiger partial charge on any atom is -0.478 e. The molecule has 0 aliphatic carbocycles. The van der Waals surface area contributed by atoms with Crippen LogP contribution < -0.4 is 5.32 Å². The van der Waals surface area contributed by atoms with Crippen LogP contribution in [0.4, 0.5) is 10.2 Å². The van der Waals surface area contributed by atoms with E-state index in [1.165, 1.54) is 0 Å². The van der Waals surface area contributed by atoms with Crippen molar-refractivity contribution in [2.75, 3.05) is 5.32 Å². The van der Waals surface area contributed by atoms with Crippen LogP contribution in [0.25, 0.3) is 0 Å². The number of anilines is 1. The van der Waals surface area contributed by atoms with E-state index < -0.39 is 11.8 Å². The van der Waals surface area contributed by atoms with Crippen molar-refractivity contribution in [1.29, 1.82) is 0 Å². The summed E-state index contributed by atoms with van der Waals surface area (Å²) < 4.78 is 13.0. The van der Waals surface area contributed by atoms with Crippen molar-refractivity contribution < 1.29 is 14.3 Å². The smallest absolute Gasteiger partial charge is 0.339 e. The first kappa shape index (κ1) is 13.9. The van der Waals surface area contributed by atoms with Crippen molar-refractivity contribution in [1.82, 2.24) is 9.97 Å². The molecule has 2 heterocycles. The maximum Gasteiger partial charge on any atom is 0.339 e. The first-order valence-electron chi connectivity index (χ1n) is 6.17. The highest BCUT2D eigenvalue weighted by molar-refractivity contribution is 5.93. The van der Waals surface area contributed by atoms with Crippen molar-refractivity contribution in [3.05, 3.63) is 53.2 Å². The highest BCUT2D eigenvalue weighted by atomic mass is 19.1. The van der Waals surface area contributed by atoms with E-state index in [-0.39, 0.29) is 11.4 Å². The Labute approximate surface area is 115 Å². The number of pyridine rings is 2. The zero-order valence-corrected chi connectivity index (χ0v) is 10.9. The topological polar surface area (TPSA) is 75.1 Å². The molecular formula is C14H14FN3O2. The summed E-state index contributed by atoms with van der Waals surface area (Å²) in [6.45, 7) is 2.35. The van der Waals surface area contributed by atoms with E-state index in [0.717, 1.165) is 29.9 Å².